The Bertz CT molecular complexity index is 552. The van der Waals surface area contributed by atoms with Gasteiger partial charge in [0.2, 0.25) is 5.91 Å². The van der Waals surface area contributed by atoms with Crippen LogP contribution in [0.2, 0.25) is 0 Å². The molecule has 2 saturated heterocycles. The highest BCUT2D eigenvalue weighted by Gasteiger charge is 2.33. The van der Waals surface area contributed by atoms with Crippen molar-refractivity contribution in [3.8, 4) is 0 Å². The highest BCUT2D eigenvalue weighted by Crippen LogP contribution is 2.38. The molecule has 2 aliphatic rings. The maximum atomic E-state index is 12.5. The summed E-state index contributed by atoms with van der Waals surface area (Å²) in [5.41, 5.74) is 1.11. The molecule has 2 fully saturated rings. The minimum absolute atomic E-state index is 0.0215. The van der Waals surface area contributed by atoms with E-state index in [1.807, 2.05) is 29.2 Å². The molecule has 0 aliphatic carbocycles. The van der Waals surface area contributed by atoms with Gasteiger partial charge in [0.15, 0.2) is 0 Å². The van der Waals surface area contributed by atoms with Crippen LogP contribution in [0.3, 0.4) is 0 Å². The Morgan fingerprint density at radius 2 is 2.10 bits per heavy atom. The molecule has 1 aromatic rings. The van der Waals surface area contributed by atoms with Crippen LogP contribution >= 0.6 is 27.7 Å². The second-order valence-electron chi connectivity index (χ2n) is 4.90. The molecular weight excluding hydrogens is 356 g/mol. The molecule has 0 radical (unpaired) electrons. The molecule has 0 N–H and O–H groups in total. The normalized spacial score (nSPS) is 21.8. The lowest BCUT2D eigenvalue weighted by atomic mass is 10.2. The summed E-state index contributed by atoms with van der Waals surface area (Å²) in [6, 6.07) is 8.01. The van der Waals surface area contributed by atoms with E-state index in [-0.39, 0.29) is 17.8 Å². The largest absolute Gasteiger partial charge is 0.448 e. The van der Waals surface area contributed by atoms with Crippen molar-refractivity contribution in [2.24, 2.45) is 0 Å². The first kappa shape index (κ1) is 14.7. The van der Waals surface area contributed by atoms with Crippen LogP contribution in [0.15, 0.2) is 28.7 Å². The number of nitrogens with zero attached hydrogens (tertiary/aromatic N) is 2. The molecule has 0 aromatic heterocycles. The van der Waals surface area contributed by atoms with Gasteiger partial charge in [-0.1, -0.05) is 28.1 Å². The highest BCUT2D eigenvalue weighted by molar-refractivity contribution is 9.10. The van der Waals surface area contributed by atoms with Gasteiger partial charge in [0.25, 0.3) is 0 Å². The van der Waals surface area contributed by atoms with Crippen LogP contribution in [0.25, 0.3) is 0 Å². The first-order valence-corrected chi connectivity index (χ1v) is 8.57. The minimum atomic E-state index is -0.393. The van der Waals surface area contributed by atoms with Gasteiger partial charge in [-0.05, 0) is 17.7 Å². The Kier molecular flexibility index (Phi) is 4.40. The molecule has 1 aromatic carbocycles. The van der Waals surface area contributed by atoms with Crippen LogP contribution in [0, 0.1) is 0 Å². The quantitative estimate of drug-likeness (QED) is 0.819. The summed E-state index contributed by atoms with van der Waals surface area (Å²) in [5.74, 6) is 0.892. The zero-order chi connectivity index (χ0) is 14.8. The monoisotopic (exact) mass is 370 g/mol. The van der Waals surface area contributed by atoms with Gasteiger partial charge in [-0.25, -0.2) is 4.79 Å². The molecule has 1 atom stereocenters. The zero-order valence-electron chi connectivity index (χ0n) is 11.3. The van der Waals surface area contributed by atoms with Gasteiger partial charge in [0.05, 0.1) is 6.54 Å². The summed E-state index contributed by atoms with van der Waals surface area (Å²) in [5, 5.41) is 0.0317. The lowest BCUT2D eigenvalue weighted by Gasteiger charge is -2.25. The van der Waals surface area contributed by atoms with Gasteiger partial charge in [-0.2, -0.15) is 0 Å². The van der Waals surface area contributed by atoms with Crippen molar-refractivity contribution in [3.05, 3.63) is 34.3 Å². The number of cyclic esters (lactones) is 1. The number of halogens is 1. The van der Waals surface area contributed by atoms with E-state index in [2.05, 4.69) is 15.9 Å². The third-order valence-corrected chi connectivity index (χ3v) is 5.33. The van der Waals surface area contributed by atoms with Gasteiger partial charge in [0, 0.05) is 16.8 Å². The van der Waals surface area contributed by atoms with Crippen molar-refractivity contribution in [1.82, 2.24) is 9.80 Å². The Hall–Kier alpha value is -1.21. The van der Waals surface area contributed by atoms with Crippen LogP contribution in [-0.2, 0) is 9.53 Å². The topological polar surface area (TPSA) is 49.9 Å². The first-order chi connectivity index (χ1) is 10.1. The van der Waals surface area contributed by atoms with Crippen molar-refractivity contribution in [2.75, 3.05) is 32.0 Å². The van der Waals surface area contributed by atoms with E-state index in [9.17, 15) is 9.59 Å². The van der Waals surface area contributed by atoms with Gasteiger partial charge in [-0.15, -0.1) is 11.8 Å². The average Bonchev–Trinajstić information content (AvgIpc) is 3.09. The summed E-state index contributed by atoms with van der Waals surface area (Å²) in [7, 11) is 0. The standard InChI is InChI=1S/C14H15BrN2O3S/c15-11-3-1-10(2-4-11)13-17(6-8-21-13)12(18)9-16-5-7-20-14(16)19/h1-4,13H,5-9H2. The molecule has 21 heavy (non-hydrogen) atoms. The van der Waals surface area contributed by atoms with Gasteiger partial charge in [0.1, 0.15) is 18.5 Å². The van der Waals surface area contributed by atoms with Crippen molar-refractivity contribution >= 4 is 39.7 Å². The van der Waals surface area contributed by atoms with Crippen molar-refractivity contribution in [1.29, 1.82) is 0 Å². The molecular formula is C14H15BrN2O3S. The predicted molar refractivity (Wildman–Crippen MR) is 84.0 cm³/mol. The third-order valence-electron chi connectivity index (χ3n) is 3.54. The van der Waals surface area contributed by atoms with Crippen LogP contribution < -0.4 is 0 Å². The van der Waals surface area contributed by atoms with Crippen LogP contribution in [0.4, 0.5) is 4.79 Å². The molecule has 2 aliphatic heterocycles. The second-order valence-corrected chi connectivity index (χ2v) is 7.00. The Morgan fingerprint density at radius 1 is 1.33 bits per heavy atom. The van der Waals surface area contributed by atoms with E-state index in [0.29, 0.717) is 19.7 Å². The van der Waals surface area contributed by atoms with Gasteiger partial charge < -0.3 is 9.64 Å². The molecule has 7 heteroatoms. The maximum absolute atomic E-state index is 12.5. The lowest BCUT2D eigenvalue weighted by molar-refractivity contribution is -0.131. The predicted octanol–water partition coefficient (Wildman–Crippen LogP) is 2.48. The zero-order valence-corrected chi connectivity index (χ0v) is 13.7. The van der Waals surface area contributed by atoms with E-state index in [1.165, 1.54) is 4.90 Å². The maximum Gasteiger partial charge on any atom is 0.410 e. The highest BCUT2D eigenvalue weighted by atomic mass is 79.9. The smallest absolute Gasteiger partial charge is 0.410 e. The molecule has 112 valence electrons. The Morgan fingerprint density at radius 3 is 2.76 bits per heavy atom. The van der Waals surface area contributed by atoms with Crippen LogP contribution in [-0.4, -0.2) is 53.8 Å². The number of hydrogen-bond acceptors (Lipinski definition) is 4. The van der Waals surface area contributed by atoms with E-state index in [0.717, 1.165) is 15.8 Å². The van der Waals surface area contributed by atoms with E-state index in [4.69, 9.17) is 4.74 Å². The fourth-order valence-corrected chi connectivity index (χ4v) is 3.99. The molecule has 2 heterocycles. The number of thioether (sulfide) groups is 1. The average molecular weight is 371 g/mol. The fraction of sp³-hybridized carbons (Fsp3) is 0.429. The van der Waals surface area contributed by atoms with Crippen LogP contribution in [0.1, 0.15) is 10.9 Å². The van der Waals surface area contributed by atoms with Gasteiger partial charge >= 0.3 is 6.09 Å². The molecule has 1 unspecified atom stereocenters. The molecule has 2 amide bonds. The van der Waals surface area contributed by atoms with Crippen molar-refractivity contribution in [3.63, 3.8) is 0 Å². The molecule has 0 spiro atoms. The fourth-order valence-electron chi connectivity index (χ4n) is 2.45. The van der Waals surface area contributed by atoms with Gasteiger partial charge in [-0.3, -0.25) is 9.69 Å². The number of rotatable bonds is 3. The Labute approximate surface area is 135 Å². The first-order valence-electron chi connectivity index (χ1n) is 6.73. The summed E-state index contributed by atoms with van der Waals surface area (Å²) >= 11 is 5.17. The number of hydrogen-bond donors (Lipinski definition) is 0. The van der Waals surface area contributed by atoms with E-state index >= 15 is 0 Å². The summed E-state index contributed by atoms with van der Waals surface area (Å²) in [6.07, 6.45) is -0.393. The number of amides is 2. The SMILES string of the molecule is O=C1OCCN1CC(=O)N1CCSC1c1ccc(Br)cc1. The number of benzene rings is 1. The minimum Gasteiger partial charge on any atom is -0.448 e. The molecule has 0 bridgehead atoms. The Balaban J connectivity index is 1.69. The summed E-state index contributed by atoms with van der Waals surface area (Å²) < 4.78 is 5.88. The summed E-state index contributed by atoms with van der Waals surface area (Å²) in [6.45, 7) is 1.69. The number of ether oxygens (including phenoxy) is 1. The number of carbonyl (C=O) groups is 2. The lowest BCUT2D eigenvalue weighted by Crippen LogP contribution is -2.40. The van der Waals surface area contributed by atoms with Crippen molar-refractivity contribution < 1.29 is 14.3 Å². The third kappa shape index (κ3) is 3.18. The molecule has 5 nitrogen and oxygen atoms in total. The molecule has 0 saturated carbocycles. The van der Waals surface area contributed by atoms with Crippen LogP contribution in [0.5, 0.6) is 0 Å². The van der Waals surface area contributed by atoms with Crippen molar-refractivity contribution in [2.45, 2.75) is 5.37 Å². The van der Waals surface area contributed by atoms with E-state index < -0.39 is 6.09 Å². The van der Waals surface area contributed by atoms with E-state index in [1.54, 1.807) is 11.8 Å². The number of carbonyl (C=O) groups excluding carboxylic acids is 2. The second kappa shape index (κ2) is 6.27. The summed E-state index contributed by atoms with van der Waals surface area (Å²) in [4.78, 5) is 27.2. The molecule has 3 rings (SSSR count).